The fraction of sp³-hybridized carbons (Fsp3) is 0.629. The van der Waals surface area contributed by atoms with E-state index in [-0.39, 0.29) is 96.6 Å². The molecule has 1 heterocycles. The summed E-state index contributed by atoms with van der Waals surface area (Å²) < 4.78 is 1.14. The van der Waals surface area contributed by atoms with Gasteiger partial charge in [0.1, 0.15) is 12.1 Å². The lowest BCUT2D eigenvalue weighted by Gasteiger charge is -2.33. The molecule has 1 aliphatic rings. The number of nitrogens with one attached hydrogen (secondary N) is 3. The van der Waals surface area contributed by atoms with Gasteiger partial charge in [0, 0.05) is 74.6 Å². The second kappa shape index (κ2) is 26.3. The van der Waals surface area contributed by atoms with Gasteiger partial charge in [0.15, 0.2) is 0 Å². The highest BCUT2D eigenvalue weighted by Crippen LogP contribution is 2.10. The van der Waals surface area contributed by atoms with Gasteiger partial charge in [-0.25, -0.2) is 4.79 Å². The number of hydrogen-bond acceptors (Lipinski definition) is 12. The Morgan fingerprint density at radius 2 is 1.11 bits per heavy atom. The van der Waals surface area contributed by atoms with E-state index >= 15 is 0 Å². The summed E-state index contributed by atoms with van der Waals surface area (Å²) in [5, 5.41) is 45.8. The van der Waals surface area contributed by atoms with Crippen LogP contribution in [0.2, 0.25) is 0 Å². The molecule has 18 nitrogen and oxygen atoms in total. The molecule has 1 aliphatic heterocycles. The number of carbonyl (C=O) groups excluding carboxylic acids is 3. The standard InChI is InChI=1S/C35H54IN7O11S/c36-26-9-7-25(8-10-26)4-3-6-29(44)37-11-2-1-5-27(35(53)54)39-34(52)28(24-55)38-30(45)20-40-12-14-41(21-31(46)47)16-18-43(23-33(50)51)19-17-42(15-13-40)22-32(48)49/h7-10,27-28,55H,1-6,11-24H2,(H,37,44)(H,38,45)(H,39,52)(H,46,47)(H,48,49)(H,50,51)(H,53,54)/t27-,28?/m1/s1. The Kier molecular flexibility index (Phi) is 22.8. The SMILES string of the molecule is O=C(O)CN1CCN(CC(=O)O)CCN(CC(=O)NC(CS)C(=O)N[C@H](CCCCNC(=O)CCCc2ccc(I)cc2)C(=O)O)CCN(CC(=O)O)CC1. The minimum absolute atomic E-state index is 0.0896. The van der Waals surface area contributed by atoms with Gasteiger partial charge in [-0.2, -0.15) is 12.6 Å². The predicted octanol–water partition coefficient (Wildman–Crippen LogP) is -0.640. The lowest BCUT2D eigenvalue weighted by atomic mass is 10.1. The molecule has 0 bridgehead atoms. The summed E-state index contributed by atoms with van der Waals surface area (Å²) in [4.78, 5) is 91.5. The van der Waals surface area contributed by atoms with Crippen molar-refractivity contribution in [1.82, 2.24) is 35.6 Å². The topological polar surface area (TPSA) is 249 Å². The van der Waals surface area contributed by atoms with Crippen LogP contribution in [0.1, 0.15) is 37.7 Å². The van der Waals surface area contributed by atoms with Crippen molar-refractivity contribution < 1.29 is 54.0 Å². The van der Waals surface area contributed by atoms with Crippen LogP contribution in [-0.2, 0) is 40.0 Å². The molecule has 0 aromatic heterocycles. The van der Waals surface area contributed by atoms with Crippen molar-refractivity contribution in [2.75, 3.05) is 90.8 Å². The van der Waals surface area contributed by atoms with E-state index in [9.17, 15) is 54.0 Å². The van der Waals surface area contributed by atoms with E-state index in [1.165, 1.54) is 0 Å². The fourth-order valence-electron chi connectivity index (χ4n) is 5.85. The van der Waals surface area contributed by atoms with Gasteiger partial charge in [-0.3, -0.25) is 48.4 Å². The summed E-state index contributed by atoms with van der Waals surface area (Å²) in [6.45, 7) is 0.890. The molecular weight excluding hydrogens is 853 g/mol. The molecule has 308 valence electrons. The Morgan fingerprint density at radius 1 is 0.636 bits per heavy atom. The van der Waals surface area contributed by atoms with E-state index in [1.807, 2.05) is 24.3 Å². The van der Waals surface area contributed by atoms with Crippen LogP contribution in [0.25, 0.3) is 0 Å². The monoisotopic (exact) mass is 907 g/mol. The summed E-state index contributed by atoms with van der Waals surface area (Å²) in [6.07, 6.45) is 2.86. The van der Waals surface area contributed by atoms with Gasteiger partial charge in [-0.15, -0.1) is 0 Å². The smallest absolute Gasteiger partial charge is 0.326 e. The number of halogens is 1. The van der Waals surface area contributed by atoms with Crippen LogP contribution >= 0.6 is 35.2 Å². The molecule has 3 amide bonds. The van der Waals surface area contributed by atoms with Crippen molar-refractivity contribution in [3.05, 3.63) is 33.4 Å². The van der Waals surface area contributed by atoms with Gasteiger partial charge >= 0.3 is 23.9 Å². The van der Waals surface area contributed by atoms with E-state index in [1.54, 1.807) is 19.6 Å². The van der Waals surface area contributed by atoms with Gasteiger partial charge in [0.2, 0.25) is 17.7 Å². The number of nitrogens with zero attached hydrogens (tertiary/aromatic N) is 4. The Balaban J connectivity index is 1.90. The van der Waals surface area contributed by atoms with Crippen LogP contribution in [0.3, 0.4) is 0 Å². The maximum atomic E-state index is 13.2. The molecule has 1 fully saturated rings. The van der Waals surface area contributed by atoms with Crippen LogP contribution in [-0.4, -0.2) is 185 Å². The number of thiol groups is 1. The van der Waals surface area contributed by atoms with Gasteiger partial charge in [-0.1, -0.05) is 12.1 Å². The number of rotatable bonds is 22. The minimum atomic E-state index is -1.25. The summed E-state index contributed by atoms with van der Waals surface area (Å²) in [5.41, 5.74) is 1.16. The van der Waals surface area contributed by atoms with E-state index in [0.717, 1.165) is 15.6 Å². The molecule has 2 rings (SSSR count). The second-order valence-electron chi connectivity index (χ2n) is 13.3. The Morgan fingerprint density at radius 3 is 1.55 bits per heavy atom. The molecule has 0 radical (unpaired) electrons. The molecule has 1 saturated heterocycles. The lowest BCUT2D eigenvalue weighted by molar-refractivity contribution is -0.142. The van der Waals surface area contributed by atoms with Crippen LogP contribution < -0.4 is 16.0 Å². The molecule has 0 spiro atoms. The predicted molar refractivity (Wildman–Crippen MR) is 213 cm³/mol. The highest BCUT2D eigenvalue weighted by Gasteiger charge is 2.27. The first kappa shape index (κ1) is 47.6. The molecule has 20 heteroatoms. The number of unbranched alkanes of at least 4 members (excludes halogenated alkanes) is 1. The lowest BCUT2D eigenvalue weighted by Crippen LogP contribution is -2.54. The van der Waals surface area contributed by atoms with Crippen molar-refractivity contribution in [3.8, 4) is 0 Å². The third-order valence-corrected chi connectivity index (χ3v) is 9.93. The molecule has 2 atom stereocenters. The van der Waals surface area contributed by atoms with Crippen LogP contribution in [0, 0.1) is 3.57 Å². The van der Waals surface area contributed by atoms with Crippen molar-refractivity contribution >= 4 is 76.8 Å². The zero-order chi connectivity index (χ0) is 40.8. The molecule has 0 aliphatic carbocycles. The number of carbonyl (C=O) groups is 7. The average Bonchev–Trinajstić information content (AvgIpc) is 3.11. The number of carboxylic acids is 4. The summed E-state index contributed by atoms with van der Waals surface area (Å²) in [6, 6.07) is 5.70. The van der Waals surface area contributed by atoms with E-state index in [4.69, 9.17) is 0 Å². The van der Waals surface area contributed by atoms with Crippen molar-refractivity contribution in [2.24, 2.45) is 0 Å². The van der Waals surface area contributed by atoms with E-state index < -0.39 is 47.8 Å². The molecular formula is C35H54IN7O11S. The van der Waals surface area contributed by atoms with Crippen LogP contribution in [0.5, 0.6) is 0 Å². The van der Waals surface area contributed by atoms with Gasteiger partial charge in [-0.05, 0) is 72.4 Å². The van der Waals surface area contributed by atoms with Gasteiger partial charge in [0.05, 0.1) is 26.2 Å². The molecule has 7 N–H and O–H groups in total. The molecule has 1 unspecified atom stereocenters. The Bertz CT molecular complexity index is 1390. The Labute approximate surface area is 339 Å². The molecule has 1 aromatic rings. The zero-order valence-electron chi connectivity index (χ0n) is 30.9. The molecule has 55 heavy (non-hydrogen) atoms. The first-order valence-corrected chi connectivity index (χ1v) is 19.9. The summed E-state index contributed by atoms with van der Waals surface area (Å²) >= 11 is 6.42. The van der Waals surface area contributed by atoms with E-state index in [2.05, 4.69) is 51.2 Å². The quantitative estimate of drug-likeness (QED) is 0.0410. The number of amides is 3. The van der Waals surface area contributed by atoms with Crippen LogP contribution in [0.15, 0.2) is 24.3 Å². The molecule has 0 saturated carbocycles. The largest absolute Gasteiger partial charge is 0.480 e. The minimum Gasteiger partial charge on any atom is -0.480 e. The number of aryl methyl sites for hydroxylation is 1. The summed E-state index contributed by atoms with van der Waals surface area (Å²) in [7, 11) is 0. The molecule has 1 aromatic carbocycles. The second-order valence-corrected chi connectivity index (χ2v) is 14.9. The summed E-state index contributed by atoms with van der Waals surface area (Å²) in [5.74, 6) is -6.02. The first-order valence-electron chi connectivity index (χ1n) is 18.1. The van der Waals surface area contributed by atoms with Crippen molar-refractivity contribution in [2.45, 2.75) is 50.6 Å². The average molecular weight is 908 g/mol. The number of aliphatic carboxylic acids is 4. The van der Waals surface area contributed by atoms with Crippen LogP contribution in [0.4, 0.5) is 0 Å². The maximum absolute atomic E-state index is 13.2. The van der Waals surface area contributed by atoms with Gasteiger partial charge < -0.3 is 36.4 Å². The number of hydrogen-bond donors (Lipinski definition) is 8. The highest BCUT2D eigenvalue weighted by molar-refractivity contribution is 14.1. The fourth-order valence-corrected chi connectivity index (χ4v) is 6.46. The number of benzene rings is 1. The normalized spacial score (nSPS) is 16.5. The van der Waals surface area contributed by atoms with Crippen molar-refractivity contribution in [1.29, 1.82) is 0 Å². The van der Waals surface area contributed by atoms with E-state index in [0.29, 0.717) is 32.2 Å². The highest BCUT2D eigenvalue weighted by atomic mass is 127. The zero-order valence-corrected chi connectivity index (χ0v) is 33.9. The maximum Gasteiger partial charge on any atom is 0.326 e. The number of carboxylic acid groups (broad SMARTS) is 4. The van der Waals surface area contributed by atoms with Gasteiger partial charge in [0.25, 0.3) is 0 Å². The third-order valence-electron chi connectivity index (χ3n) is 8.85. The van der Waals surface area contributed by atoms with Crippen molar-refractivity contribution in [3.63, 3.8) is 0 Å². The first-order chi connectivity index (χ1) is 26.1. The third kappa shape index (κ3) is 21.4. The Hall–Kier alpha value is -3.57.